The normalized spacial score (nSPS) is 17.4. The van der Waals surface area contributed by atoms with Gasteiger partial charge in [-0.1, -0.05) is 17.7 Å². The quantitative estimate of drug-likeness (QED) is 0.456. The topological polar surface area (TPSA) is 94.4 Å². The lowest BCUT2D eigenvalue weighted by Crippen LogP contribution is -2.51. The number of rotatable bonds is 5. The molecule has 1 aliphatic heterocycles. The van der Waals surface area contributed by atoms with Gasteiger partial charge in [0.1, 0.15) is 5.82 Å². The first-order chi connectivity index (χ1) is 14.2. The van der Waals surface area contributed by atoms with Crippen molar-refractivity contribution in [1.29, 1.82) is 0 Å². The van der Waals surface area contributed by atoms with E-state index >= 15 is 0 Å². The number of H-pyrrole nitrogens is 1. The monoisotopic (exact) mass is 393 g/mol. The van der Waals surface area contributed by atoms with Crippen LogP contribution in [-0.2, 0) is 6.54 Å². The molecule has 1 saturated heterocycles. The van der Waals surface area contributed by atoms with E-state index in [1.54, 1.807) is 13.3 Å². The molecule has 152 valence electrons. The lowest BCUT2D eigenvalue weighted by molar-refractivity contribution is 0.467. The lowest BCUT2D eigenvalue weighted by atomic mass is 10.0. The van der Waals surface area contributed by atoms with Gasteiger partial charge < -0.3 is 20.0 Å². The van der Waals surface area contributed by atoms with Crippen LogP contribution in [0.1, 0.15) is 24.2 Å². The molecule has 0 spiro atoms. The van der Waals surface area contributed by atoms with E-state index in [0.29, 0.717) is 24.2 Å². The highest BCUT2D eigenvalue weighted by Gasteiger charge is 2.21. The average Bonchev–Trinajstić information content (AvgIpc) is 3.43. The molecule has 1 aliphatic rings. The molecule has 0 amide bonds. The van der Waals surface area contributed by atoms with Crippen LogP contribution in [-0.4, -0.2) is 47.3 Å². The van der Waals surface area contributed by atoms with Gasteiger partial charge in [-0.2, -0.15) is 0 Å². The van der Waals surface area contributed by atoms with E-state index in [0.717, 1.165) is 37.7 Å². The highest BCUT2D eigenvalue weighted by atomic mass is 16.3. The molecule has 2 aromatic heterocycles. The molecule has 8 heteroatoms. The molecule has 1 aromatic carbocycles. The SMILES string of the molecule is CN=C(NCc1nc(-c2ccco2)n[nH]1)NC1CCCN(c2ccc(C)cc2)C1. The molecule has 3 aromatic rings. The van der Waals surface area contributed by atoms with E-state index in [9.17, 15) is 0 Å². The van der Waals surface area contributed by atoms with Crippen molar-refractivity contribution >= 4 is 11.6 Å². The molecule has 0 radical (unpaired) electrons. The molecule has 3 N–H and O–H groups in total. The summed E-state index contributed by atoms with van der Waals surface area (Å²) in [6.45, 7) is 4.66. The first-order valence-corrected chi connectivity index (χ1v) is 9.95. The van der Waals surface area contributed by atoms with Crippen molar-refractivity contribution in [2.75, 3.05) is 25.0 Å². The van der Waals surface area contributed by atoms with E-state index in [1.165, 1.54) is 11.3 Å². The second-order valence-corrected chi connectivity index (χ2v) is 7.27. The van der Waals surface area contributed by atoms with Crippen molar-refractivity contribution in [1.82, 2.24) is 25.8 Å². The minimum atomic E-state index is 0.338. The summed E-state index contributed by atoms with van der Waals surface area (Å²) in [5.74, 6) is 2.69. The molecule has 0 saturated carbocycles. The van der Waals surface area contributed by atoms with Crippen LogP contribution in [0.2, 0.25) is 0 Å². The van der Waals surface area contributed by atoms with Gasteiger partial charge in [0.25, 0.3) is 0 Å². The van der Waals surface area contributed by atoms with Crippen molar-refractivity contribution in [2.45, 2.75) is 32.4 Å². The van der Waals surface area contributed by atoms with Gasteiger partial charge in [-0.25, -0.2) is 4.98 Å². The van der Waals surface area contributed by atoms with Gasteiger partial charge in [0, 0.05) is 31.9 Å². The van der Waals surface area contributed by atoms with Crippen LogP contribution in [0.4, 0.5) is 5.69 Å². The largest absolute Gasteiger partial charge is 0.461 e. The highest BCUT2D eigenvalue weighted by Crippen LogP contribution is 2.20. The number of piperidine rings is 1. The fourth-order valence-corrected chi connectivity index (χ4v) is 3.53. The number of aryl methyl sites for hydroxylation is 1. The van der Waals surface area contributed by atoms with Crippen LogP contribution >= 0.6 is 0 Å². The Bertz CT molecular complexity index is 930. The smallest absolute Gasteiger partial charge is 0.216 e. The number of benzene rings is 1. The summed E-state index contributed by atoms with van der Waals surface area (Å²) in [6.07, 6.45) is 3.88. The number of furan rings is 1. The number of aromatic nitrogens is 3. The fraction of sp³-hybridized carbons (Fsp3) is 0.381. The summed E-state index contributed by atoms with van der Waals surface area (Å²) in [5.41, 5.74) is 2.56. The van der Waals surface area contributed by atoms with Gasteiger partial charge in [0.15, 0.2) is 11.7 Å². The first kappa shape index (κ1) is 19.0. The molecule has 8 nitrogen and oxygen atoms in total. The van der Waals surface area contributed by atoms with Gasteiger partial charge >= 0.3 is 0 Å². The van der Waals surface area contributed by atoms with Crippen LogP contribution in [0.15, 0.2) is 52.1 Å². The number of anilines is 1. The number of hydrogen-bond donors (Lipinski definition) is 3. The predicted molar refractivity (Wildman–Crippen MR) is 114 cm³/mol. The van der Waals surface area contributed by atoms with Gasteiger partial charge in [0.2, 0.25) is 5.82 Å². The Labute approximate surface area is 170 Å². The summed E-state index contributed by atoms with van der Waals surface area (Å²) in [4.78, 5) is 11.2. The van der Waals surface area contributed by atoms with Crippen LogP contribution in [0.5, 0.6) is 0 Å². The van der Waals surface area contributed by atoms with Gasteiger partial charge in [-0.15, -0.1) is 5.10 Å². The maximum Gasteiger partial charge on any atom is 0.216 e. The highest BCUT2D eigenvalue weighted by molar-refractivity contribution is 5.80. The zero-order chi connectivity index (χ0) is 20.1. The molecule has 0 bridgehead atoms. The second-order valence-electron chi connectivity index (χ2n) is 7.27. The zero-order valence-electron chi connectivity index (χ0n) is 16.9. The van der Waals surface area contributed by atoms with Crippen molar-refractivity contribution in [3.63, 3.8) is 0 Å². The third-order valence-corrected chi connectivity index (χ3v) is 5.08. The fourth-order valence-electron chi connectivity index (χ4n) is 3.53. The minimum absolute atomic E-state index is 0.338. The van der Waals surface area contributed by atoms with Gasteiger partial charge in [0.05, 0.1) is 12.8 Å². The molecule has 1 unspecified atom stereocenters. The molecule has 3 heterocycles. The summed E-state index contributed by atoms with van der Waals surface area (Å²) in [6, 6.07) is 12.7. The Morgan fingerprint density at radius 2 is 2.17 bits per heavy atom. The number of hydrogen-bond acceptors (Lipinski definition) is 5. The molecular weight excluding hydrogens is 366 g/mol. The van der Waals surface area contributed by atoms with Crippen LogP contribution in [0.25, 0.3) is 11.6 Å². The van der Waals surface area contributed by atoms with E-state index in [-0.39, 0.29) is 0 Å². The Morgan fingerprint density at radius 1 is 1.31 bits per heavy atom. The molecule has 1 atom stereocenters. The Morgan fingerprint density at radius 3 is 2.93 bits per heavy atom. The van der Waals surface area contributed by atoms with Crippen molar-refractivity contribution in [3.8, 4) is 11.6 Å². The summed E-state index contributed by atoms with van der Waals surface area (Å²) in [5, 5.41) is 14.0. The molecule has 0 aliphatic carbocycles. The minimum Gasteiger partial charge on any atom is -0.461 e. The van der Waals surface area contributed by atoms with Crippen LogP contribution in [0, 0.1) is 6.92 Å². The average molecular weight is 393 g/mol. The predicted octanol–water partition coefficient (Wildman–Crippen LogP) is 2.71. The maximum atomic E-state index is 5.33. The maximum absolute atomic E-state index is 5.33. The van der Waals surface area contributed by atoms with Gasteiger partial charge in [-0.05, 0) is 44.0 Å². The molecule has 4 rings (SSSR count). The zero-order valence-corrected chi connectivity index (χ0v) is 16.9. The van der Waals surface area contributed by atoms with Crippen LogP contribution < -0.4 is 15.5 Å². The standard InChI is InChI=1S/C21H27N7O/c1-15-7-9-17(10-8-15)28-11-3-5-16(14-28)24-21(22-2)23-13-19-25-20(27-26-19)18-6-4-12-29-18/h4,6-10,12,16H,3,5,11,13-14H2,1-2H3,(H2,22,23,24)(H,25,26,27). The summed E-state index contributed by atoms with van der Waals surface area (Å²) < 4.78 is 5.33. The van der Waals surface area contributed by atoms with Crippen molar-refractivity contribution in [3.05, 3.63) is 54.0 Å². The number of aromatic amines is 1. The first-order valence-electron chi connectivity index (χ1n) is 9.95. The Hall–Kier alpha value is -3.29. The number of aliphatic imine (C=N–C) groups is 1. The number of nitrogens with one attached hydrogen (secondary N) is 3. The third kappa shape index (κ3) is 4.77. The van der Waals surface area contributed by atoms with Crippen molar-refractivity contribution in [2.24, 2.45) is 4.99 Å². The third-order valence-electron chi connectivity index (χ3n) is 5.08. The van der Waals surface area contributed by atoms with E-state index in [2.05, 4.69) is 66.9 Å². The van der Waals surface area contributed by atoms with Gasteiger partial charge in [-0.3, -0.25) is 10.1 Å². The summed E-state index contributed by atoms with van der Waals surface area (Å²) in [7, 11) is 1.78. The van der Waals surface area contributed by atoms with Crippen molar-refractivity contribution < 1.29 is 4.42 Å². The molecule has 29 heavy (non-hydrogen) atoms. The number of nitrogens with zero attached hydrogens (tertiary/aromatic N) is 4. The van der Waals surface area contributed by atoms with Crippen LogP contribution in [0.3, 0.4) is 0 Å². The second kappa shape index (κ2) is 8.81. The van der Waals surface area contributed by atoms with E-state index in [1.807, 2.05) is 12.1 Å². The molecule has 1 fully saturated rings. The lowest BCUT2D eigenvalue weighted by Gasteiger charge is -2.35. The summed E-state index contributed by atoms with van der Waals surface area (Å²) >= 11 is 0. The van der Waals surface area contributed by atoms with E-state index in [4.69, 9.17) is 4.42 Å². The number of guanidine groups is 1. The molecular formula is C21H27N7O. The Balaban J connectivity index is 1.31. The Kier molecular flexibility index (Phi) is 5.79. The van der Waals surface area contributed by atoms with E-state index < -0.39 is 0 Å².